The number of rotatable bonds is 2. The second-order valence-electron chi connectivity index (χ2n) is 3.98. The van der Waals surface area contributed by atoms with Gasteiger partial charge in [-0.25, -0.2) is 0 Å². The van der Waals surface area contributed by atoms with E-state index in [0.29, 0.717) is 0 Å². The number of hydrogen-bond acceptors (Lipinski definition) is 4. The number of carbonyl (C=O) groups excluding carboxylic acids is 2. The number of benzene rings is 1. The van der Waals surface area contributed by atoms with Crippen LogP contribution in [0.2, 0.25) is 10.0 Å². The van der Waals surface area contributed by atoms with E-state index in [1.165, 1.54) is 24.3 Å². The lowest BCUT2D eigenvalue weighted by molar-refractivity contribution is -0.114. The summed E-state index contributed by atoms with van der Waals surface area (Å²) in [6.45, 7) is 0. The van der Waals surface area contributed by atoms with Gasteiger partial charge in [0.15, 0.2) is 17.3 Å². The number of phenolic OH excluding ortho intramolecular Hbond substituents is 2. The first-order chi connectivity index (χ1) is 8.90. The van der Waals surface area contributed by atoms with Gasteiger partial charge >= 0.3 is 0 Å². The lowest BCUT2D eigenvalue weighted by Crippen LogP contribution is -2.09. The second kappa shape index (κ2) is 5.07. The van der Waals surface area contributed by atoms with Crippen LogP contribution in [-0.2, 0) is 16.0 Å². The van der Waals surface area contributed by atoms with Gasteiger partial charge in [-0.1, -0.05) is 23.2 Å². The Labute approximate surface area is 118 Å². The molecule has 1 aromatic carbocycles. The SMILES string of the molecule is O=C1C=CC(=O)C(Cc2cc(Cl)c(O)c(Cl)c2O)=C1. The molecule has 0 spiro atoms. The highest BCUT2D eigenvalue weighted by Crippen LogP contribution is 2.41. The van der Waals surface area contributed by atoms with Crippen molar-refractivity contribution in [2.75, 3.05) is 0 Å². The third-order valence-electron chi connectivity index (χ3n) is 2.66. The maximum absolute atomic E-state index is 11.6. The predicted molar refractivity (Wildman–Crippen MR) is 70.7 cm³/mol. The summed E-state index contributed by atoms with van der Waals surface area (Å²) in [6, 6.07) is 1.30. The first-order valence-electron chi connectivity index (χ1n) is 5.26. The van der Waals surface area contributed by atoms with Gasteiger partial charge in [-0.3, -0.25) is 9.59 Å². The van der Waals surface area contributed by atoms with E-state index in [-0.39, 0.29) is 44.9 Å². The van der Waals surface area contributed by atoms with Gasteiger partial charge in [-0.05, 0) is 24.3 Å². The number of carbonyl (C=O) groups is 2. The summed E-state index contributed by atoms with van der Waals surface area (Å²) in [6.07, 6.45) is 3.53. The Bertz CT molecular complexity index is 645. The number of phenols is 2. The number of ketones is 2. The van der Waals surface area contributed by atoms with Crippen molar-refractivity contribution in [2.45, 2.75) is 6.42 Å². The standard InChI is InChI=1S/C13H8Cl2O4/c14-9-5-7(12(18)11(15)13(9)19)3-6-4-8(16)1-2-10(6)17/h1-2,4-5,18-19H,3H2. The maximum atomic E-state index is 11.6. The van der Waals surface area contributed by atoms with Gasteiger partial charge in [-0.2, -0.15) is 0 Å². The zero-order chi connectivity index (χ0) is 14.2. The van der Waals surface area contributed by atoms with Crippen LogP contribution in [0.4, 0.5) is 0 Å². The molecule has 4 nitrogen and oxygen atoms in total. The number of aromatic hydroxyl groups is 2. The minimum Gasteiger partial charge on any atom is -0.506 e. The summed E-state index contributed by atoms with van der Waals surface area (Å²) in [5.41, 5.74) is 0.483. The molecule has 98 valence electrons. The summed E-state index contributed by atoms with van der Waals surface area (Å²) < 4.78 is 0. The summed E-state index contributed by atoms with van der Waals surface area (Å²) >= 11 is 11.4. The van der Waals surface area contributed by atoms with Crippen molar-refractivity contribution in [3.63, 3.8) is 0 Å². The zero-order valence-corrected chi connectivity index (χ0v) is 11.0. The molecule has 0 aliphatic heterocycles. The van der Waals surface area contributed by atoms with Crippen LogP contribution >= 0.6 is 23.2 Å². The Hall–Kier alpha value is -1.78. The molecule has 0 heterocycles. The molecule has 0 unspecified atom stereocenters. The molecular formula is C13H8Cl2O4. The van der Waals surface area contributed by atoms with Crippen molar-refractivity contribution < 1.29 is 19.8 Å². The molecule has 0 atom stereocenters. The van der Waals surface area contributed by atoms with E-state index in [4.69, 9.17) is 23.2 Å². The van der Waals surface area contributed by atoms with Gasteiger partial charge in [0.2, 0.25) is 0 Å². The van der Waals surface area contributed by atoms with E-state index >= 15 is 0 Å². The highest BCUT2D eigenvalue weighted by molar-refractivity contribution is 6.38. The van der Waals surface area contributed by atoms with Gasteiger partial charge in [0.1, 0.15) is 10.8 Å². The molecule has 0 amide bonds. The monoisotopic (exact) mass is 298 g/mol. The Balaban J connectivity index is 2.40. The van der Waals surface area contributed by atoms with Crippen molar-refractivity contribution in [3.8, 4) is 11.5 Å². The summed E-state index contributed by atoms with van der Waals surface area (Å²) in [4.78, 5) is 22.8. The molecule has 1 aliphatic rings. The molecule has 2 rings (SSSR count). The average molecular weight is 299 g/mol. The van der Waals surface area contributed by atoms with Crippen molar-refractivity contribution in [1.82, 2.24) is 0 Å². The van der Waals surface area contributed by atoms with E-state index in [0.717, 1.165) is 0 Å². The van der Waals surface area contributed by atoms with Crippen LogP contribution in [0.5, 0.6) is 11.5 Å². The fourth-order valence-corrected chi connectivity index (χ4v) is 2.18. The Kier molecular flexibility index (Phi) is 3.64. The quantitative estimate of drug-likeness (QED) is 0.823. The Morgan fingerprint density at radius 2 is 1.74 bits per heavy atom. The molecule has 1 aliphatic carbocycles. The van der Waals surface area contributed by atoms with Gasteiger partial charge < -0.3 is 10.2 Å². The average Bonchev–Trinajstić information content (AvgIpc) is 2.37. The summed E-state index contributed by atoms with van der Waals surface area (Å²) in [5, 5.41) is 18.9. The van der Waals surface area contributed by atoms with Crippen molar-refractivity contribution in [2.24, 2.45) is 0 Å². The fraction of sp³-hybridized carbons (Fsp3) is 0.0769. The molecule has 2 N–H and O–H groups in total. The van der Waals surface area contributed by atoms with Crippen LogP contribution in [0.25, 0.3) is 0 Å². The molecule has 0 bridgehead atoms. The highest BCUT2D eigenvalue weighted by Gasteiger charge is 2.19. The van der Waals surface area contributed by atoms with Crippen LogP contribution in [-0.4, -0.2) is 21.8 Å². The van der Waals surface area contributed by atoms with Crippen LogP contribution in [0.3, 0.4) is 0 Å². The van der Waals surface area contributed by atoms with Crippen molar-refractivity contribution in [3.05, 3.63) is 45.5 Å². The lowest BCUT2D eigenvalue weighted by Gasteiger charge is -2.11. The van der Waals surface area contributed by atoms with Crippen LogP contribution in [0.15, 0.2) is 29.9 Å². The molecule has 6 heteroatoms. The normalized spacial score (nSPS) is 14.7. The molecular weight excluding hydrogens is 291 g/mol. The Morgan fingerprint density at radius 3 is 2.42 bits per heavy atom. The largest absolute Gasteiger partial charge is 0.506 e. The molecule has 0 fully saturated rings. The molecule has 1 aromatic rings. The van der Waals surface area contributed by atoms with Gasteiger partial charge in [0.05, 0.1) is 5.02 Å². The topological polar surface area (TPSA) is 74.6 Å². The summed E-state index contributed by atoms with van der Waals surface area (Å²) in [7, 11) is 0. The number of halogens is 2. The molecule has 0 saturated carbocycles. The predicted octanol–water partition coefficient (Wildman–Crippen LogP) is 2.58. The van der Waals surface area contributed by atoms with Crippen molar-refractivity contribution >= 4 is 34.8 Å². The van der Waals surface area contributed by atoms with Gasteiger partial charge in [0.25, 0.3) is 0 Å². The van der Waals surface area contributed by atoms with Crippen molar-refractivity contribution in [1.29, 1.82) is 0 Å². The van der Waals surface area contributed by atoms with Crippen LogP contribution in [0.1, 0.15) is 5.56 Å². The van der Waals surface area contributed by atoms with Crippen LogP contribution < -0.4 is 0 Å². The highest BCUT2D eigenvalue weighted by atomic mass is 35.5. The van der Waals surface area contributed by atoms with E-state index in [9.17, 15) is 19.8 Å². The van der Waals surface area contributed by atoms with E-state index in [1.807, 2.05) is 0 Å². The third kappa shape index (κ3) is 2.64. The van der Waals surface area contributed by atoms with E-state index < -0.39 is 5.75 Å². The smallest absolute Gasteiger partial charge is 0.182 e. The fourth-order valence-electron chi connectivity index (χ4n) is 1.68. The third-order valence-corrected chi connectivity index (χ3v) is 3.31. The molecule has 19 heavy (non-hydrogen) atoms. The molecule has 0 aromatic heterocycles. The second-order valence-corrected chi connectivity index (χ2v) is 4.76. The zero-order valence-electron chi connectivity index (χ0n) is 9.48. The summed E-state index contributed by atoms with van der Waals surface area (Å²) in [5.74, 6) is -1.41. The van der Waals surface area contributed by atoms with Gasteiger partial charge in [-0.15, -0.1) is 0 Å². The minimum absolute atomic E-state index is 0.000463. The van der Waals surface area contributed by atoms with E-state index in [1.54, 1.807) is 0 Å². The maximum Gasteiger partial charge on any atom is 0.182 e. The molecule has 0 radical (unpaired) electrons. The van der Waals surface area contributed by atoms with Gasteiger partial charge in [0, 0.05) is 17.6 Å². The number of hydrogen-bond donors (Lipinski definition) is 2. The first kappa shape index (κ1) is 13.6. The minimum atomic E-state index is -0.426. The molecule has 0 saturated heterocycles. The van der Waals surface area contributed by atoms with E-state index in [2.05, 4.69) is 0 Å². The Morgan fingerprint density at radius 1 is 1.05 bits per heavy atom. The van der Waals surface area contributed by atoms with Crippen LogP contribution in [0, 0.1) is 0 Å². The first-order valence-corrected chi connectivity index (χ1v) is 6.01. The number of allylic oxidation sites excluding steroid dienone is 4. The lowest BCUT2D eigenvalue weighted by atomic mass is 9.96.